The highest BCUT2D eigenvalue weighted by Gasteiger charge is 2.21. The average Bonchev–Trinajstić information content (AvgIpc) is 2.91. The van der Waals surface area contributed by atoms with Gasteiger partial charge in [0.05, 0.1) is 6.04 Å². The molecule has 6 heteroatoms. The predicted octanol–water partition coefficient (Wildman–Crippen LogP) is 3.77. The van der Waals surface area contributed by atoms with Gasteiger partial charge in [-0.3, -0.25) is 0 Å². The van der Waals surface area contributed by atoms with Crippen LogP contribution in [0.3, 0.4) is 0 Å². The molecule has 2 aromatic heterocycles. The van der Waals surface area contributed by atoms with Crippen molar-refractivity contribution in [2.45, 2.75) is 31.7 Å². The Kier molecular flexibility index (Phi) is 3.77. The number of hydrogen-bond acceptors (Lipinski definition) is 5. The van der Waals surface area contributed by atoms with Crippen molar-refractivity contribution in [2.24, 2.45) is 0 Å². The SMILES string of the molecule is Brc1ccsc1-c1nc(C2CCCCCN2)no1. The first-order valence-corrected chi connectivity index (χ1v) is 7.82. The zero-order chi connectivity index (χ0) is 12.4. The topological polar surface area (TPSA) is 51.0 Å². The van der Waals surface area contributed by atoms with Gasteiger partial charge < -0.3 is 9.84 Å². The van der Waals surface area contributed by atoms with E-state index in [-0.39, 0.29) is 6.04 Å². The molecule has 0 amide bonds. The Morgan fingerprint density at radius 3 is 3.17 bits per heavy atom. The van der Waals surface area contributed by atoms with Gasteiger partial charge in [-0.05, 0) is 46.8 Å². The number of halogens is 1. The maximum absolute atomic E-state index is 5.36. The van der Waals surface area contributed by atoms with E-state index in [9.17, 15) is 0 Å². The van der Waals surface area contributed by atoms with Crippen molar-refractivity contribution >= 4 is 27.3 Å². The Bertz CT molecular complexity index is 517. The van der Waals surface area contributed by atoms with Crippen LogP contribution in [0.4, 0.5) is 0 Å². The third-order valence-electron chi connectivity index (χ3n) is 3.13. The standard InChI is InChI=1S/C12H14BrN3OS/c13-8-5-7-18-10(8)12-15-11(16-17-12)9-4-2-1-3-6-14-9/h5,7,9,14H,1-4,6H2. The minimum Gasteiger partial charge on any atom is -0.333 e. The molecular formula is C12H14BrN3OS. The van der Waals surface area contributed by atoms with E-state index >= 15 is 0 Å². The molecular weight excluding hydrogens is 314 g/mol. The van der Waals surface area contributed by atoms with Crippen LogP contribution in [0, 0.1) is 0 Å². The van der Waals surface area contributed by atoms with Gasteiger partial charge >= 0.3 is 0 Å². The molecule has 0 bridgehead atoms. The zero-order valence-electron chi connectivity index (χ0n) is 9.86. The maximum atomic E-state index is 5.36. The molecule has 1 unspecified atom stereocenters. The van der Waals surface area contributed by atoms with Gasteiger partial charge in [-0.15, -0.1) is 11.3 Å². The summed E-state index contributed by atoms with van der Waals surface area (Å²) in [5, 5.41) is 9.60. The molecule has 0 spiro atoms. The Balaban J connectivity index is 1.82. The summed E-state index contributed by atoms with van der Waals surface area (Å²) in [6, 6.07) is 2.23. The van der Waals surface area contributed by atoms with E-state index in [1.165, 1.54) is 19.3 Å². The summed E-state index contributed by atoms with van der Waals surface area (Å²) in [7, 11) is 0. The molecule has 0 aliphatic carbocycles. The number of hydrogen-bond donors (Lipinski definition) is 1. The summed E-state index contributed by atoms with van der Waals surface area (Å²) in [6.07, 6.45) is 4.83. The summed E-state index contributed by atoms with van der Waals surface area (Å²) in [6.45, 7) is 1.04. The lowest BCUT2D eigenvalue weighted by Crippen LogP contribution is -2.21. The molecule has 1 saturated heterocycles. The Morgan fingerprint density at radius 1 is 1.39 bits per heavy atom. The van der Waals surface area contributed by atoms with Gasteiger partial charge in [0.25, 0.3) is 5.89 Å². The fourth-order valence-electron chi connectivity index (χ4n) is 2.16. The summed E-state index contributed by atoms with van der Waals surface area (Å²) < 4.78 is 6.37. The van der Waals surface area contributed by atoms with Crippen LogP contribution >= 0.6 is 27.3 Å². The predicted molar refractivity (Wildman–Crippen MR) is 74.5 cm³/mol. The first-order chi connectivity index (χ1) is 8.84. The van der Waals surface area contributed by atoms with Gasteiger partial charge in [0, 0.05) is 4.47 Å². The highest BCUT2D eigenvalue weighted by atomic mass is 79.9. The van der Waals surface area contributed by atoms with E-state index in [0.29, 0.717) is 5.89 Å². The maximum Gasteiger partial charge on any atom is 0.269 e. The van der Waals surface area contributed by atoms with Crippen molar-refractivity contribution < 1.29 is 4.52 Å². The van der Waals surface area contributed by atoms with Gasteiger partial charge in [0.1, 0.15) is 4.88 Å². The largest absolute Gasteiger partial charge is 0.333 e. The molecule has 1 aliphatic heterocycles. The van der Waals surface area contributed by atoms with E-state index in [4.69, 9.17) is 4.52 Å². The highest BCUT2D eigenvalue weighted by molar-refractivity contribution is 9.10. The van der Waals surface area contributed by atoms with E-state index in [0.717, 1.165) is 28.1 Å². The molecule has 0 aromatic carbocycles. The molecule has 18 heavy (non-hydrogen) atoms. The van der Waals surface area contributed by atoms with Crippen LogP contribution in [0.1, 0.15) is 37.5 Å². The first-order valence-electron chi connectivity index (χ1n) is 6.15. The van der Waals surface area contributed by atoms with Crippen molar-refractivity contribution in [3.8, 4) is 10.8 Å². The Morgan fingerprint density at radius 2 is 2.33 bits per heavy atom. The summed E-state index contributed by atoms with van der Waals surface area (Å²) in [5.41, 5.74) is 0. The van der Waals surface area contributed by atoms with Crippen molar-refractivity contribution in [1.82, 2.24) is 15.5 Å². The second-order valence-corrected chi connectivity index (χ2v) is 6.18. The summed E-state index contributed by atoms with van der Waals surface area (Å²) in [5.74, 6) is 1.39. The molecule has 1 atom stereocenters. The average molecular weight is 328 g/mol. The fourth-order valence-corrected chi connectivity index (χ4v) is 3.63. The highest BCUT2D eigenvalue weighted by Crippen LogP contribution is 2.33. The third-order valence-corrected chi connectivity index (χ3v) is 4.95. The molecule has 1 aliphatic rings. The van der Waals surface area contributed by atoms with Gasteiger partial charge in [0.2, 0.25) is 0 Å². The van der Waals surface area contributed by atoms with E-state index in [2.05, 4.69) is 31.4 Å². The van der Waals surface area contributed by atoms with Crippen LogP contribution in [0.25, 0.3) is 10.8 Å². The van der Waals surface area contributed by atoms with Gasteiger partial charge in [-0.25, -0.2) is 0 Å². The molecule has 96 valence electrons. The van der Waals surface area contributed by atoms with Crippen LogP contribution in [0.2, 0.25) is 0 Å². The lowest BCUT2D eigenvalue weighted by Gasteiger charge is -2.09. The second kappa shape index (κ2) is 5.50. The summed E-state index contributed by atoms with van der Waals surface area (Å²) >= 11 is 5.09. The quantitative estimate of drug-likeness (QED) is 0.912. The molecule has 1 fully saturated rings. The van der Waals surface area contributed by atoms with Gasteiger partial charge in [-0.1, -0.05) is 18.0 Å². The molecule has 3 rings (SSSR count). The van der Waals surface area contributed by atoms with Crippen LogP contribution < -0.4 is 5.32 Å². The lowest BCUT2D eigenvalue weighted by molar-refractivity contribution is 0.403. The number of thiophene rings is 1. The monoisotopic (exact) mass is 327 g/mol. The fraction of sp³-hybridized carbons (Fsp3) is 0.500. The van der Waals surface area contributed by atoms with Crippen LogP contribution in [-0.2, 0) is 0 Å². The molecule has 0 saturated carbocycles. The van der Waals surface area contributed by atoms with Crippen molar-refractivity contribution in [3.63, 3.8) is 0 Å². The number of aromatic nitrogens is 2. The zero-order valence-corrected chi connectivity index (χ0v) is 12.3. The normalized spacial score (nSPS) is 20.8. The van der Waals surface area contributed by atoms with Crippen LogP contribution in [0.15, 0.2) is 20.4 Å². The number of rotatable bonds is 2. The van der Waals surface area contributed by atoms with Gasteiger partial charge in [-0.2, -0.15) is 4.98 Å². The Hall–Kier alpha value is -0.720. The van der Waals surface area contributed by atoms with E-state index in [1.807, 2.05) is 11.4 Å². The van der Waals surface area contributed by atoms with Crippen molar-refractivity contribution in [2.75, 3.05) is 6.54 Å². The first kappa shape index (κ1) is 12.3. The third kappa shape index (κ3) is 2.50. The van der Waals surface area contributed by atoms with Crippen LogP contribution in [-0.4, -0.2) is 16.7 Å². The molecule has 4 nitrogen and oxygen atoms in total. The second-order valence-electron chi connectivity index (χ2n) is 4.41. The van der Waals surface area contributed by atoms with Crippen molar-refractivity contribution in [1.29, 1.82) is 0 Å². The minimum absolute atomic E-state index is 0.240. The number of nitrogens with zero attached hydrogens (tertiary/aromatic N) is 2. The lowest BCUT2D eigenvalue weighted by atomic mass is 10.1. The van der Waals surface area contributed by atoms with Crippen LogP contribution in [0.5, 0.6) is 0 Å². The molecule has 3 heterocycles. The van der Waals surface area contributed by atoms with E-state index in [1.54, 1.807) is 11.3 Å². The number of nitrogens with one attached hydrogen (secondary N) is 1. The smallest absolute Gasteiger partial charge is 0.269 e. The molecule has 2 aromatic rings. The minimum atomic E-state index is 0.240. The summed E-state index contributed by atoms with van der Waals surface area (Å²) in [4.78, 5) is 5.52. The van der Waals surface area contributed by atoms with Crippen molar-refractivity contribution in [3.05, 3.63) is 21.7 Å². The van der Waals surface area contributed by atoms with Gasteiger partial charge in [0.15, 0.2) is 5.82 Å². The van der Waals surface area contributed by atoms with E-state index < -0.39 is 0 Å². The Labute approximate surface area is 118 Å². The molecule has 0 radical (unpaired) electrons. The molecule has 1 N–H and O–H groups in total.